The predicted molar refractivity (Wildman–Crippen MR) is 98.8 cm³/mol. The number of amides is 2. The van der Waals surface area contributed by atoms with Crippen LogP contribution in [0.5, 0.6) is 5.75 Å². The average Bonchev–Trinajstić information content (AvgIpc) is 2.57. The third kappa shape index (κ3) is 5.09. The Morgan fingerprint density at radius 1 is 1.08 bits per heavy atom. The van der Waals surface area contributed by atoms with E-state index < -0.39 is 11.8 Å². The van der Waals surface area contributed by atoms with Gasteiger partial charge in [0.2, 0.25) is 0 Å². The molecule has 0 saturated carbocycles. The summed E-state index contributed by atoms with van der Waals surface area (Å²) in [6.45, 7) is 0. The molecule has 0 spiro atoms. The summed E-state index contributed by atoms with van der Waals surface area (Å²) in [4.78, 5) is 23.7. The molecule has 0 atom stereocenters. The van der Waals surface area contributed by atoms with Crippen LogP contribution in [0.1, 0.15) is 5.56 Å². The maximum atomic E-state index is 11.9. The molecule has 0 aromatic heterocycles. The summed E-state index contributed by atoms with van der Waals surface area (Å²) in [7, 11) is 1.43. The van der Waals surface area contributed by atoms with Crippen molar-refractivity contribution in [3.63, 3.8) is 0 Å². The van der Waals surface area contributed by atoms with Gasteiger partial charge >= 0.3 is 11.8 Å². The first-order valence-corrected chi connectivity index (χ1v) is 7.97. The van der Waals surface area contributed by atoms with Crippen LogP contribution in [0.3, 0.4) is 0 Å². The Morgan fingerprint density at radius 2 is 1.76 bits per heavy atom. The molecule has 0 bridgehead atoms. The van der Waals surface area contributed by atoms with Crippen molar-refractivity contribution in [2.75, 3.05) is 12.4 Å². The molecule has 0 fully saturated rings. The van der Waals surface area contributed by atoms with Gasteiger partial charge in [-0.1, -0.05) is 40.9 Å². The lowest BCUT2D eigenvalue weighted by atomic mass is 10.2. The monoisotopic (exact) mass is 399 g/mol. The van der Waals surface area contributed by atoms with E-state index in [-0.39, 0.29) is 5.69 Å². The van der Waals surface area contributed by atoms with Crippen molar-refractivity contribution in [3.8, 4) is 5.75 Å². The fraction of sp³-hybridized carbons (Fsp3) is 0.0625. The van der Waals surface area contributed by atoms with Gasteiger partial charge in [-0.05, 0) is 30.3 Å². The van der Waals surface area contributed by atoms with Crippen LogP contribution in [0.2, 0.25) is 15.1 Å². The zero-order valence-corrected chi connectivity index (χ0v) is 15.1. The molecule has 0 aliphatic carbocycles. The maximum absolute atomic E-state index is 11.9. The van der Waals surface area contributed by atoms with Gasteiger partial charge in [-0.25, -0.2) is 5.43 Å². The third-order valence-corrected chi connectivity index (χ3v) is 3.87. The molecular formula is C16H12Cl3N3O3. The highest BCUT2D eigenvalue weighted by molar-refractivity contribution is 6.40. The second-order valence-corrected chi connectivity index (χ2v) is 5.88. The Kier molecular flexibility index (Phi) is 6.64. The Hall–Kier alpha value is -2.28. The number of hydrogen-bond acceptors (Lipinski definition) is 4. The van der Waals surface area contributed by atoms with Crippen LogP contribution in [0.4, 0.5) is 5.69 Å². The normalized spacial score (nSPS) is 10.6. The molecule has 130 valence electrons. The minimum absolute atomic E-state index is 0.258. The molecule has 0 heterocycles. The number of nitrogens with one attached hydrogen (secondary N) is 2. The van der Waals surface area contributed by atoms with Crippen molar-refractivity contribution in [1.29, 1.82) is 0 Å². The number of hydrazone groups is 1. The summed E-state index contributed by atoms with van der Waals surface area (Å²) in [6, 6.07) is 9.52. The Bertz CT molecular complexity index is 820. The molecule has 6 nitrogen and oxygen atoms in total. The van der Waals surface area contributed by atoms with Gasteiger partial charge in [0.1, 0.15) is 5.75 Å². The zero-order chi connectivity index (χ0) is 18.4. The molecule has 0 aliphatic heterocycles. The van der Waals surface area contributed by atoms with E-state index in [1.807, 2.05) is 0 Å². The molecule has 9 heteroatoms. The number of hydrogen-bond donors (Lipinski definition) is 2. The number of halogens is 3. The van der Waals surface area contributed by atoms with Gasteiger partial charge in [-0.3, -0.25) is 9.59 Å². The van der Waals surface area contributed by atoms with E-state index in [1.165, 1.54) is 19.4 Å². The number of anilines is 1. The number of methoxy groups -OCH3 is 1. The van der Waals surface area contributed by atoms with Crippen molar-refractivity contribution >= 4 is 58.5 Å². The summed E-state index contributed by atoms with van der Waals surface area (Å²) >= 11 is 17.8. The van der Waals surface area contributed by atoms with Gasteiger partial charge in [0, 0.05) is 10.6 Å². The zero-order valence-electron chi connectivity index (χ0n) is 12.8. The molecule has 25 heavy (non-hydrogen) atoms. The second-order valence-electron chi connectivity index (χ2n) is 4.63. The van der Waals surface area contributed by atoms with Gasteiger partial charge in [0.25, 0.3) is 0 Å². The van der Waals surface area contributed by atoms with Crippen LogP contribution < -0.4 is 15.5 Å². The smallest absolute Gasteiger partial charge is 0.329 e. The molecule has 0 saturated heterocycles. The van der Waals surface area contributed by atoms with Crippen molar-refractivity contribution in [3.05, 3.63) is 57.0 Å². The van der Waals surface area contributed by atoms with Crippen LogP contribution in [0.15, 0.2) is 41.5 Å². The first kappa shape index (κ1) is 19.1. The first-order valence-electron chi connectivity index (χ1n) is 6.84. The van der Waals surface area contributed by atoms with Crippen LogP contribution in [0.25, 0.3) is 0 Å². The lowest BCUT2D eigenvalue weighted by Crippen LogP contribution is -2.32. The standard InChI is InChI=1S/C16H12Cl3N3O3/c1-25-14-6-5-9(17)7-13(14)21-15(23)16(24)22-20-8-10-11(18)3-2-4-12(10)19/h2-8H,1H3,(H,21,23)(H,22,24)/b20-8+. The van der Waals surface area contributed by atoms with Crippen molar-refractivity contribution in [1.82, 2.24) is 5.43 Å². The van der Waals surface area contributed by atoms with E-state index >= 15 is 0 Å². The number of rotatable bonds is 4. The number of benzene rings is 2. The lowest BCUT2D eigenvalue weighted by Gasteiger charge is -2.09. The number of ether oxygens (including phenoxy) is 1. The fourth-order valence-electron chi connectivity index (χ4n) is 1.80. The Labute approximate surface area is 158 Å². The van der Waals surface area contributed by atoms with E-state index in [1.54, 1.807) is 30.3 Å². The van der Waals surface area contributed by atoms with E-state index in [2.05, 4.69) is 15.8 Å². The van der Waals surface area contributed by atoms with Crippen LogP contribution in [-0.4, -0.2) is 25.1 Å². The molecule has 2 rings (SSSR count). The quantitative estimate of drug-likeness (QED) is 0.466. The van der Waals surface area contributed by atoms with E-state index in [0.29, 0.717) is 26.4 Å². The highest BCUT2D eigenvalue weighted by Crippen LogP contribution is 2.27. The minimum Gasteiger partial charge on any atom is -0.495 e. The maximum Gasteiger partial charge on any atom is 0.329 e. The topological polar surface area (TPSA) is 79.8 Å². The molecule has 2 aromatic rings. The largest absolute Gasteiger partial charge is 0.495 e. The summed E-state index contributed by atoms with van der Waals surface area (Å²) in [6.07, 6.45) is 1.25. The third-order valence-electron chi connectivity index (χ3n) is 2.98. The lowest BCUT2D eigenvalue weighted by molar-refractivity contribution is -0.136. The van der Waals surface area contributed by atoms with Gasteiger partial charge in [0.05, 0.1) is 29.1 Å². The molecule has 2 aromatic carbocycles. The molecule has 2 N–H and O–H groups in total. The van der Waals surface area contributed by atoms with E-state index in [9.17, 15) is 9.59 Å². The predicted octanol–water partition coefficient (Wildman–Crippen LogP) is 3.74. The van der Waals surface area contributed by atoms with Crippen LogP contribution in [0, 0.1) is 0 Å². The van der Waals surface area contributed by atoms with Crippen molar-refractivity contribution in [2.24, 2.45) is 5.10 Å². The van der Waals surface area contributed by atoms with Gasteiger partial charge < -0.3 is 10.1 Å². The summed E-state index contributed by atoms with van der Waals surface area (Å²) < 4.78 is 5.08. The Balaban J connectivity index is 2.03. The highest BCUT2D eigenvalue weighted by Gasteiger charge is 2.15. The van der Waals surface area contributed by atoms with Gasteiger partial charge in [0.15, 0.2) is 0 Å². The molecule has 2 amide bonds. The fourth-order valence-corrected chi connectivity index (χ4v) is 2.46. The highest BCUT2D eigenvalue weighted by atomic mass is 35.5. The first-order chi connectivity index (χ1) is 11.9. The second kappa shape index (κ2) is 8.71. The summed E-state index contributed by atoms with van der Waals surface area (Å²) in [5.74, 6) is -1.57. The van der Waals surface area contributed by atoms with E-state index in [4.69, 9.17) is 39.5 Å². The SMILES string of the molecule is COc1ccc(Cl)cc1NC(=O)C(=O)N/N=C/c1c(Cl)cccc1Cl. The molecule has 0 radical (unpaired) electrons. The van der Waals surface area contributed by atoms with Gasteiger partial charge in [-0.15, -0.1) is 0 Å². The molecule has 0 aliphatic rings. The van der Waals surface area contributed by atoms with Crippen molar-refractivity contribution in [2.45, 2.75) is 0 Å². The number of carbonyl (C=O) groups is 2. The van der Waals surface area contributed by atoms with Crippen molar-refractivity contribution < 1.29 is 14.3 Å². The average molecular weight is 401 g/mol. The minimum atomic E-state index is -0.985. The van der Waals surface area contributed by atoms with Crippen LogP contribution >= 0.6 is 34.8 Å². The number of carbonyl (C=O) groups excluding carboxylic acids is 2. The molecule has 0 unspecified atom stereocenters. The van der Waals surface area contributed by atoms with Crippen LogP contribution in [-0.2, 0) is 9.59 Å². The van der Waals surface area contributed by atoms with E-state index in [0.717, 1.165) is 0 Å². The van der Waals surface area contributed by atoms with Gasteiger partial charge in [-0.2, -0.15) is 5.10 Å². The molecular weight excluding hydrogens is 389 g/mol. The number of nitrogens with zero attached hydrogens (tertiary/aromatic N) is 1. The summed E-state index contributed by atoms with van der Waals surface area (Å²) in [5, 5.41) is 7.16. The Morgan fingerprint density at radius 3 is 2.40 bits per heavy atom. The summed E-state index contributed by atoms with van der Waals surface area (Å²) in [5.41, 5.74) is 2.76.